The maximum atomic E-state index is 15.5. The zero-order valence-corrected chi connectivity index (χ0v) is 23.8. The number of imidazole rings is 1. The van der Waals surface area contributed by atoms with Crippen molar-refractivity contribution >= 4 is 27.5 Å². The third-order valence-corrected chi connectivity index (χ3v) is 9.24. The number of halogens is 4. The van der Waals surface area contributed by atoms with E-state index in [0.717, 1.165) is 39.5 Å². The van der Waals surface area contributed by atoms with Gasteiger partial charge in [-0.15, -0.1) is 0 Å². The third-order valence-electron chi connectivity index (χ3n) is 7.53. The summed E-state index contributed by atoms with van der Waals surface area (Å²) in [4.78, 5) is 27.0. The number of rotatable bonds is 8. The molecule has 4 N–H and O–H groups in total. The van der Waals surface area contributed by atoms with Crippen molar-refractivity contribution in [3.05, 3.63) is 58.0 Å². The van der Waals surface area contributed by atoms with Crippen LogP contribution in [0.4, 0.5) is 17.6 Å². The predicted molar refractivity (Wildman–Crippen MR) is 148 cm³/mol. The van der Waals surface area contributed by atoms with Gasteiger partial charge in [0.05, 0.1) is 33.9 Å². The summed E-state index contributed by atoms with van der Waals surface area (Å²) in [6.07, 6.45) is -2.29. The zero-order valence-electron chi connectivity index (χ0n) is 23.0. The molecule has 1 aliphatic heterocycles. The molecule has 3 aromatic rings. The van der Waals surface area contributed by atoms with Crippen molar-refractivity contribution in [1.29, 1.82) is 0 Å². The topological polar surface area (TPSA) is 126 Å². The second-order valence-corrected chi connectivity index (χ2v) is 13.6. The van der Waals surface area contributed by atoms with Crippen LogP contribution in [0.25, 0.3) is 16.7 Å². The second kappa shape index (κ2) is 11.0. The number of aromatic nitrogens is 2. The number of fused-ring (bicyclic) bond motifs is 1. The van der Waals surface area contributed by atoms with Crippen molar-refractivity contribution in [1.82, 2.24) is 14.5 Å². The number of amides is 1. The molecule has 0 spiro atoms. The standard InChI is InChI=1S/C27H33F4N3O6S/c1-15(26(2,3)37)33-21-12-17(24(35)32-27(4)7-9-41(38,39)10-8-27)19(29)13-22(21)34(25(33)36)20-11-16(5-6-18(20)28)40-14-23(30)31/h5-6,11-13,15,23,37-39H,7-10,14H2,1-4H3,(H,32,35). The number of hydrogen-bond donors (Lipinski definition) is 4. The summed E-state index contributed by atoms with van der Waals surface area (Å²) in [6.45, 7) is 5.15. The van der Waals surface area contributed by atoms with Gasteiger partial charge in [-0.25, -0.2) is 22.4 Å². The van der Waals surface area contributed by atoms with E-state index in [1.807, 2.05) is 0 Å². The maximum absolute atomic E-state index is 15.5. The van der Waals surface area contributed by atoms with E-state index in [4.69, 9.17) is 4.74 Å². The van der Waals surface area contributed by atoms with Crippen LogP contribution in [0.3, 0.4) is 0 Å². The Bertz CT molecular complexity index is 1520. The van der Waals surface area contributed by atoms with Crippen LogP contribution in [0.5, 0.6) is 5.75 Å². The first-order valence-corrected chi connectivity index (χ1v) is 14.8. The van der Waals surface area contributed by atoms with E-state index in [1.54, 1.807) is 6.92 Å². The summed E-state index contributed by atoms with van der Waals surface area (Å²) in [5.74, 6) is -2.73. The van der Waals surface area contributed by atoms with Gasteiger partial charge in [0.15, 0.2) is 0 Å². The van der Waals surface area contributed by atoms with Crippen molar-refractivity contribution in [3.63, 3.8) is 0 Å². The average molecular weight is 604 g/mol. The Kier molecular flexibility index (Phi) is 8.26. The van der Waals surface area contributed by atoms with Crippen LogP contribution in [-0.4, -0.2) is 64.9 Å². The Labute approximate surface area is 235 Å². The van der Waals surface area contributed by atoms with E-state index in [9.17, 15) is 32.6 Å². The van der Waals surface area contributed by atoms with Crippen LogP contribution in [0.15, 0.2) is 35.1 Å². The fourth-order valence-electron chi connectivity index (χ4n) is 4.72. The molecule has 1 saturated heterocycles. The van der Waals surface area contributed by atoms with Crippen molar-refractivity contribution in [2.45, 2.75) is 64.1 Å². The van der Waals surface area contributed by atoms with Gasteiger partial charge in [-0.1, -0.05) is 0 Å². The van der Waals surface area contributed by atoms with Crippen molar-refractivity contribution in [2.75, 3.05) is 18.1 Å². The molecule has 2 aromatic carbocycles. The number of ether oxygens (including phenoxy) is 1. The van der Waals surface area contributed by atoms with Gasteiger partial charge in [0.25, 0.3) is 12.3 Å². The van der Waals surface area contributed by atoms with Crippen LogP contribution < -0.4 is 15.7 Å². The number of alkyl halides is 2. The minimum atomic E-state index is -2.80. The van der Waals surface area contributed by atoms with E-state index >= 15 is 8.78 Å². The van der Waals surface area contributed by atoms with Crippen LogP contribution in [0, 0.1) is 11.6 Å². The molecule has 1 aliphatic rings. The van der Waals surface area contributed by atoms with Crippen LogP contribution >= 0.6 is 10.6 Å². The number of carbonyl (C=O) groups excluding carboxylic acids is 1. The summed E-state index contributed by atoms with van der Waals surface area (Å²) in [7, 11) is -2.73. The highest BCUT2D eigenvalue weighted by Crippen LogP contribution is 2.47. The molecule has 2 heterocycles. The van der Waals surface area contributed by atoms with E-state index < -0.39 is 75.3 Å². The fourth-order valence-corrected chi connectivity index (χ4v) is 6.48. The molecular formula is C27H33F4N3O6S. The molecule has 4 rings (SSSR count). The summed E-state index contributed by atoms with van der Waals surface area (Å²) in [5.41, 5.74) is -4.15. The lowest BCUT2D eigenvalue weighted by molar-refractivity contribution is 0.0307. The first kappa shape index (κ1) is 30.9. The van der Waals surface area contributed by atoms with Gasteiger partial charge < -0.3 is 15.2 Å². The predicted octanol–water partition coefficient (Wildman–Crippen LogP) is 5.08. The molecule has 1 fully saturated rings. The van der Waals surface area contributed by atoms with Crippen LogP contribution in [0.2, 0.25) is 0 Å². The van der Waals surface area contributed by atoms with E-state index in [1.165, 1.54) is 20.8 Å². The zero-order chi connectivity index (χ0) is 30.5. The normalized spacial score (nSPS) is 18.3. The Balaban J connectivity index is 1.86. The van der Waals surface area contributed by atoms with Crippen molar-refractivity contribution in [2.24, 2.45) is 0 Å². The monoisotopic (exact) mass is 603 g/mol. The van der Waals surface area contributed by atoms with Crippen molar-refractivity contribution in [3.8, 4) is 11.4 Å². The molecule has 1 unspecified atom stereocenters. The van der Waals surface area contributed by atoms with Crippen molar-refractivity contribution < 1.29 is 41.3 Å². The molecule has 1 atom stereocenters. The Morgan fingerprint density at radius 2 is 1.76 bits per heavy atom. The third kappa shape index (κ3) is 6.40. The summed E-state index contributed by atoms with van der Waals surface area (Å²) in [5, 5.41) is 13.5. The number of hydrogen-bond acceptors (Lipinski definition) is 6. The Morgan fingerprint density at radius 1 is 1.12 bits per heavy atom. The van der Waals surface area contributed by atoms with Gasteiger partial charge in [-0.05, 0) is 58.7 Å². The lowest BCUT2D eigenvalue weighted by atomic mass is 9.94. The second-order valence-electron chi connectivity index (χ2n) is 11.2. The highest BCUT2D eigenvalue weighted by atomic mass is 32.3. The Hall–Kier alpha value is -3.07. The minimum absolute atomic E-state index is 0.0115. The molecule has 226 valence electrons. The van der Waals surface area contributed by atoms with Gasteiger partial charge in [0, 0.05) is 29.2 Å². The molecule has 0 saturated carbocycles. The van der Waals surface area contributed by atoms with Gasteiger partial charge in [0.1, 0.15) is 24.0 Å². The first-order valence-electron chi connectivity index (χ1n) is 12.9. The molecule has 14 heteroatoms. The largest absolute Gasteiger partial charge is 0.488 e. The maximum Gasteiger partial charge on any atom is 0.334 e. The van der Waals surface area contributed by atoms with Gasteiger partial charge >= 0.3 is 5.69 Å². The van der Waals surface area contributed by atoms with E-state index in [0.29, 0.717) is 0 Å². The number of benzene rings is 2. The molecule has 41 heavy (non-hydrogen) atoms. The smallest absolute Gasteiger partial charge is 0.334 e. The highest BCUT2D eigenvalue weighted by molar-refractivity contribution is 8.24. The summed E-state index contributed by atoms with van der Waals surface area (Å²) >= 11 is 0. The van der Waals surface area contributed by atoms with Crippen LogP contribution in [0.1, 0.15) is 56.9 Å². The van der Waals surface area contributed by atoms with Gasteiger partial charge in [-0.3, -0.25) is 23.0 Å². The van der Waals surface area contributed by atoms with Crippen LogP contribution in [-0.2, 0) is 0 Å². The van der Waals surface area contributed by atoms with Gasteiger partial charge in [0.2, 0.25) is 0 Å². The quantitative estimate of drug-likeness (QED) is 0.266. The molecule has 1 aromatic heterocycles. The number of carbonyl (C=O) groups is 1. The summed E-state index contributed by atoms with van der Waals surface area (Å²) < 4.78 is 82.7. The molecular weight excluding hydrogens is 570 g/mol. The fraction of sp³-hybridized carbons (Fsp3) is 0.481. The van der Waals surface area contributed by atoms with E-state index in [2.05, 4.69) is 5.32 Å². The molecule has 9 nitrogen and oxygen atoms in total. The van der Waals surface area contributed by atoms with E-state index in [-0.39, 0.29) is 41.1 Å². The van der Waals surface area contributed by atoms with Gasteiger partial charge in [-0.2, -0.15) is 10.6 Å². The average Bonchev–Trinajstić information content (AvgIpc) is 3.14. The lowest BCUT2D eigenvalue weighted by Gasteiger charge is -2.44. The number of aliphatic hydroxyl groups is 1. The lowest BCUT2D eigenvalue weighted by Crippen LogP contribution is -2.50. The SMILES string of the molecule is CC(n1c(=O)n(-c2cc(OCC(F)F)ccc2F)c2cc(F)c(C(=O)NC3(C)CCS(O)(O)CC3)cc21)C(C)(C)O. The highest BCUT2D eigenvalue weighted by Gasteiger charge is 2.36. The number of nitrogens with one attached hydrogen (secondary N) is 1. The minimum Gasteiger partial charge on any atom is -0.488 e. The summed E-state index contributed by atoms with van der Waals surface area (Å²) in [6, 6.07) is 4.15. The molecule has 0 radical (unpaired) electrons. The molecule has 0 bridgehead atoms. The Morgan fingerprint density at radius 3 is 2.34 bits per heavy atom. The number of nitrogens with zero attached hydrogens (tertiary/aromatic N) is 2. The molecule has 0 aliphatic carbocycles. The molecule has 1 amide bonds. The first-order chi connectivity index (χ1) is 18.9.